The van der Waals surface area contributed by atoms with Crippen LogP contribution in [-0.2, 0) is 4.74 Å². The zero-order valence-electron chi connectivity index (χ0n) is 7.94. The lowest BCUT2D eigenvalue weighted by Gasteiger charge is -2.10. The van der Waals surface area contributed by atoms with Crippen molar-refractivity contribution in [2.45, 2.75) is 6.36 Å². The Morgan fingerprint density at radius 1 is 1.31 bits per heavy atom. The van der Waals surface area contributed by atoms with E-state index in [9.17, 15) is 17.6 Å². The van der Waals surface area contributed by atoms with Gasteiger partial charge in [-0.05, 0) is 40.8 Å². The first kappa shape index (κ1) is 13.5. The molecule has 0 fully saturated rings. The van der Waals surface area contributed by atoms with Gasteiger partial charge in [-0.3, -0.25) is 4.74 Å². The van der Waals surface area contributed by atoms with Gasteiger partial charge in [0, 0.05) is 15.8 Å². The first-order valence-electron chi connectivity index (χ1n) is 4.28. The third kappa shape index (κ3) is 4.97. The van der Waals surface area contributed by atoms with E-state index in [-0.39, 0.29) is 12.4 Å². The SMILES string of the molecule is Fc1ccc(NCCOC(F)(F)F)c(I)c1. The molecule has 7 heteroatoms. The number of hydrogen-bond donors (Lipinski definition) is 1. The highest BCUT2D eigenvalue weighted by atomic mass is 127. The molecule has 0 aromatic heterocycles. The van der Waals surface area contributed by atoms with Gasteiger partial charge in [-0.1, -0.05) is 0 Å². The fraction of sp³-hybridized carbons (Fsp3) is 0.333. The molecule has 1 rings (SSSR count). The minimum absolute atomic E-state index is 0.00113. The number of alkyl halides is 3. The third-order valence-electron chi connectivity index (χ3n) is 1.61. The van der Waals surface area contributed by atoms with E-state index in [2.05, 4.69) is 10.1 Å². The highest BCUT2D eigenvalue weighted by Crippen LogP contribution is 2.19. The summed E-state index contributed by atoms with van der Waals surface area (Å²) < 4.78 is 51.7. The highest BCUT2D eigenvalue weighted by molar-refractivity contribution is 14.1. The van der Waals surface area contributed by atoms with Gasteiger partial charge in [0.25, 0.3) is 0 Å². The lowest BCUT2D eigenvalue weighted by molar-refractivity contribution is -0.322. The van der Waals surface area contributed by atoms with Gasteiger partial charge in [0.2, 0.25) is 0 Å². The van der Waals surface area contributed by atoms with Gasteiger partial charge in [-0.2, -0.15) is 0 Å². The first-order chi connectivity index (χ1) is 7.38. The van der Waals surface area contributed by atoms with Gasteiger partial charge >= 0.3 is 6.36 Å². The molecule has 0 aliphatic carbocycles. The molecule has 0 aliphatic heterocycles. The van der Waals surface area contributed by atoms with Crippen LogP contribution in [0.2, 0.25) is 0 Å². The maximum Gasteiger partial charge on any atom is 0.522 e. The van der Waals surface area contributed by atoms with Crippen molar-refractivity contribution in [1.82, 2.24) is 0 Å². The Morgan fingerprint density at radius 2 is 2.00 bits per heavy atom. The zero-order valence-corrected chi connectivity index (χ0v) is 10.1. The predicted octanol–water partition coefficient (Wildman–Crippen LogP) is 3.38. The molecule has 0 saturated carbocycles. The van der Waals surface area contributed by atoms with Crippen LogP contribution in [0.4, 0.5) is 23.2 Å². The van der Waals surface area contributed by atoms with Gasteiger partial charge < -0.3 is 5.32 Å². The van der Waals surface area contributed by atoms with E-state index >= 15 is 0 Å². The van der Waals surface area contributed by atoms with Crippen molar-refractivity contribution < 1.29 is 22.3 Å². The van der Waals surface area contributed by atoms with Crippen molar-refractivity contribution in [3.63, 3.8) is 0 Å². The van der Waals surface area contributed by atoms with Crippen LogP contribution in [0, 0.1) is 9.39 Å². The Labute approximate surface area is 103 Å². The average molecular weight is 349 g/mol. The summed E-state index contributed by atoms with van der Waals surface area (Å²) in [4.78, 5) is 0. The van der Waals surface area contributed by atoms with Gasteiger partial charge in [0.05, 0.1) is 6.61 Å². The molecule has 90 valence electrons. The van der Waals surface area contributed by atoms with Gasteiger partial charge in [-0.25, -0.2) is 4.39 Å². The number of benzene rings is 1. The topological polar surface area (TPSA) is 21.3 Å². The van der Waals surface area contributed by atoms with Gasteiger partial charge in [-0.15, -0.1) is 13.2 Å². The molecule has 0 amide bonds. The molecule has 0 atom stereocenters. The van der Waals surface area contributed by atoms with E-state index in [0.29, 0.717) is 9.26 Å². The summed E-state index contributed by atoms with van der Waals surface area (Å²) in [5.74, 6) is -0.388. The van der Waals surface area contributed by atoms with Crippen molar-refractivity contribution in [3.8, 4) is 0 Å². The molecule has 2 nitrogen and oxygen atoms in total. The largest absolute Gasteiger partial charge is 0.522 e. The van der Waals surface area contributed by atoms with E-state index in [0.717, 1.165) is 0 Å². The summed E-state index contributed by atoms with van der Waals surface area (Å²) in [5.41, 5.74) is 0.577. The summed E-state index contributed by atoms with van der Waals surface area (Å²) in [5, 5.41) is 2.71. The number of anilines is 1. The molecule has 1 N–H and O–H groups in total. The third-order valence-corrected chi connectivity index (χ3v) is 2.51. The predicted molar refractivity (Wildman–Crippen MR) is 59.6 cm³/mol. The van der Waals surface area contributed by atoms with Crippen LogP contribution in [0.3, 0.4) is 0 Å². The fourth-order valence-corrected chi connectivity index (χ4v) is 1.65. The van der Waals surface area contributed by atoms with Crippen LogP contribution in [0.15, 0.2) is 18.2 Å². The van der Waals surface area contributed by atoms with Crippen LogP contribution < -0.4 is 5.32 Å². The van der Waals surface area contributed by atoms with Crippen LogP contribution in [-0.4, -0.2) is 19.5 Å². The van der Waals surface area contributed by atoms with Crippen molar-refractivity contribution in [1.29, 1.82) is 0 Å². The molecule has 0 saturated heterocycles. The molecule has 16 heavy (non-hydrogen) atoms. The van der Waals surface area contributed by atoms with Crippen LogP contribution in [0.5, 0.6) is 0 Å². The molecule has 1 aromatic carbocycles. The van der Waals surface area contributed by atoms with Crippen LogP contribution in [0.1, 0.15) is 0 Å². The Morgan fingerprint density at radius 3 is 2.56 bits per heavy atom. The molecule has 0 radical (unpaired) electrons. The van der Waals surface area contributed by atoms with Crippen LogP contribution in [0.25, 0.3) is 0 Å². The Hall–Kier alpha value is -0.570. The lowest BCUT2D eigenvalue weighted by Crippen LogP contribution is -2.19. The normalized spacial score (nSPS) is 11.6. The molecular formula is C9H8F4INO. The second-order valence-electron chi connectivity index (χ2n) is 2.85. The smallest absolute Gasteiger partial charge is 0.382 e. The number of ether oxygens (including phenoxy) is 1. The minimum atomic E-state index is -4.61. The number of halogens is 5. The summed E-state index contributed by atoms with van der Waals surface area (Å²) in [6.45, 7) is -0.488. The van der Waals surface area contributed by atoms with E-state index in [1.807, 2.05) is 22.6 Å². The maximum atomic E-state index is 12.7. The molecule has 0 bridgehead atoms. The summed E-state index contributed by atoms with van der Waals surface area (Å²) in [6, 6.07) is 3.98. The lowest BCUT2D eigenvalue weighted by atomic mass is 10.3. The van der Waals surface area contributed by atoms with Gasteiger partial charge in [0.15, 0.2) is 0 Å². The van der Waals surface area contributed by atoms with Crippen molar-refractivity contribution in [2.75, 3.05) is 18.5 Å². The molecule has 0 heterocycles. The van der Waals surface area contributed by atoms with E-state index in [1.54, 1.807) is 0 Å². The Kier molecular flexibility index (Phi) is 4.78. The molecule has 0 spiro atoms. The maximum absolute atomic E-state index is 12.7. The van der Waals surface area contributed by atoms with Crippen molar-refractivity contribution >= 4 is 28.3 Å². The minimum Gasteiger partial charge on any atom is -0.382 e. The summed E-state index contributed by atoms with van der Waals surface area (Å²) >= 11 is 1.89. The number of rotatable bonds is 4. The molecule has 0 unspecified atom stereocenters. The average Bonchev–Trinajstić information content (AvgIpc) is 2.13. The Bertz CT molecular complexity index is 356. The molecule has 0 aliphatic rings. The summed E-state index contributed by atoms with van der Waals surface area (Å²) in [7, 11) is 0. The zero-order chi connectivity index (χ0) is 12.2. The Balaban J connectivity index is 2.38. The molecular weight excluding hydrogens is 341 g/mol. The number of nitrogens with one attached hydrogen (secondary N) is 1. The van der Waals surface area contributed by atoms with Crippen molar-refractivity contribution in [3.05, 3.63) is 27.6 Å². The van der Waals surface area contributed by atoms with Crippen molar-refractivity contribution in [2.24, 2.45) is 0 Å². The highest BCUT2D eigenvalue weighted by Gasteiger charge is 2.28. The standard InChI is InChI=1S/C9H8F4INO/c10-6-1-2-8(7(14)5-6)15-3-4-16-9(11,12)13/h1-2,5,15H,3-4H2. The van der Waals surface area contributed by atoms with E-state index in [1.165, 1.54) is 18.2 Å². The molecule has 1 aromatic rings. The fourth-order valence-electron chi connectivity index (χ4n) is 0.985. The van der Waals surface area contributed by atoms with Crippen LogP contribution >= 0.6 is 22.6 Å². The number of hydrogen-bond acceptors (Lipinski definition) is 2. The van der Waals surface area contributed by atoms with E-state index < -0.39 is 13.0 Å². The summed E-state index contributed by atoms with van der Waals surface area (Å²) in [6.07, 6.45) is -4.61. The monoisotopic (exact) mass is 349 g/mol. The first-order valence-corrected chi connectivity index (χ1v) is 5.36. The quantitative estimate of drug-likeness (QED) is 0.511. The van der Waals surface area contributed by atoms with E-state index in [4.69, 9.17) is 0 Å². The van der Waals surface area contributed by atoms with Gasteiger partial charge in [0.1, 0.15) is 5.82 Å². The second kappa shape index (κ2) is 5.67. The second-order valence-corrected chi connectivity index (χ2v) is 4.01.